The van der Waals surface area contributed by atoms with Gasteiger partial charge in [-0.3, -0.25) is 0 Å². The summed E-state index contributed by atoms with van der Waals surface area (Å²) in [5, 5.41) is 35.9. The van der Waals surface area contributed by atoms with E-state index < -0.39 is 5.97 Å². The molecule has 4 rings (SSSR count). The first-order chi connectivity index (χ1) is 13.5. The number of hydrogen-bond donors (Lipinski definition) is 2. The Balaban J connectivity index is 0.00000240. The predicted molar refractivity (Wildman–Crippen MR) is 99.9 cm³/mol. The average molecular weight is 411 g/mol. The molecule has 0 saturated carbocycles. The van der Waals surface area contributed by atoms with Crippen molar-refractivity contribution in [3.63, 3.8) is 0 Å². The summed E-state index contributed by atoms with van der Waals surface area (Å²) in [5.74, 6) is -0.624. The zero-order chi connectivity index (χ0) is 19.7. The molecule has 3 aromatic carbocycles. The van der Waals surface area contributed by atoms with Gasteiger partial charge in [0.05, 0.1) is 22.8 Å². The quantitative estimate of drug-likeness (QED) is 0.433. The number of nitrogens with zero attached hydrogens (tertiary/aromatic N) is 3. The predicted octanol–water partition coefficient (Wildman–Crippen LogP) is -0.620. The van der Waals surface area contributed by atoms with Gasteiger partial charge in [-0.2, -0.15) is 0 Å². The van der Waals surface area contributed by atoms with Gasteiger partial charge in [-0.1, -0.05) is 36.4 Å². The maximum absolute atomic E-state index is 11.0. The topological polar surface area (TPSA) is 111 Å². The van der Waals surface area contributed by atoms with E-state index in [1.807, 2.05) is 0 Å². The van der Waals surface area contributed by atoms with Crippen molar-refractivity contribution in [1.82, 2.24) is 14.8 Å². The number of phenolic OH excluding ortho intramolecular Hbond substituents is 2. The van der Waals surface area contributed by atoms with Crippen molar-refractivity contribution in [3.05, 3.63) is 78.4 Å². The van der Waals surface area contributed by atoms with Gasteiger partial charge in [-0.15, -0.1) is 5.10 Å². The molecule has 0 aliphatic heterocycles. The van der Waals surface area contributed by atoms with E-state index in [4.69, 9.17) is 0 Å². The molecule has 0 fully saturated rings. The SMILES string of the molecule is O=C([O-])c1ccc(-n2nc(-c3ccccc3O)nc2-c2ccccc2O)cc1.[K+]. The van der Waals surface area contributed by atoms with Crippen LogP contribution in [0.25, 0.3) is 28.5 Å². The second-order valence-corrected chi connectivity index (χ2v) is 6.04. The molecule has 4 aromatic rings. The minimum Gasteiger partial charge on any atom is -0.545 e. The van der Waals surface area contributed by atoms with E-state index in [1.54, 1.807) is 48.5 Å². The van der Waals surface area contributed by atoms with E-state index in [2.05, 4.69) is 10.1 Å². The molecule has 0 bridgehead atoms. The van der Waals surface area contributed by atoms with Crippen LogP contribution >= 0.6 is 0 Å². The van der Waals surface area contributed by atoms with Crippen LogP contribution in [0.2, 0.25) is 0 Å². The Labute approximate surface area is 208 Å². The van der Waals surface area contributed by atoms with Crippen LogP contribution in [0.3, 0.4) is 0 Å². The number of carboxylic acid groups (broad SMARTS) is 1. The van der Waals surface area contributed by atoms with Crippen LogP contribution in [0, 0.1) is 0 Å². The number of phenols is 2. The fourth-order valence-electron chi connectivity index (χ4n) is 2.84. The molecule has 0 aliphatic rings. The van der Waals surface area contributed by atoms with Crippen molar-refractivity contribution in [3.8, 4) is 40.0 Å². The molecule has 0 aliphatic carbocycles. The minimum absolute atomic E-state index is 0. The number of aromatic nitrogens is 3. The van der Waals surface area contributed by atoms with E-state index >= 15 is 0 Å². The molecule has 0 saturated heterocycles. The Morgan fingerprint density at radius 3 is 1.93 bits per heavy atom. The number of rotatable bonds is 4. The molecule has 0 radical (unpaired) electrons. The Hall–Kier alpha value is -2.49. The average Bonchev–Trinajstić information content (AvgIpc) is 3.13. The summed E-state index contributed by atoms with van der Waals surface area (Å²) in [4.78, 5) is 15.5. The van der Waals surface area contributed by atoms with Gasteiger partial charge < -0.3 is 20.1 Å². The van der Waals surface area contributed by atoms with Crippen LogP contribution in [0.4, 0.5) is 0 Å². The zero-order valence-corrected chi connectivity index (χ0v) is 18.6. The molecule has 0 unspecified atom stereocenters. The van der Waals surface area contributed by atoms with Crippen molar-refractivity contribution < 1.29 is 71.5 Å². The van der Waals surface area contributed by atoms with Crippen molar-refractivity contribution in [2.24, 2.45) is 0 Å². The fraction of sp³-hybridized carbons (Fsp3) is 0. The molecule has 8 heteroatoms. The number of benzene rings is 3. The summed E-state index contributed by atoms with van der Waals surface area (Å²) in [5.41, 5.74) is 1.45. The van der Waals surface area contributed by atoms with Gasteiger partial charge in [0.15, 0.2) is 11.6 Å². The Kier molecular flexibility index (Phi) is 6.51. The van der Waals surface area contributed by atoms with Crippen LogP contribution in [0.5, 0.6) is 11.5 Å². The molecule has 1 heterocycles. The van der Waals surface area contributed by atoms with Crippen LogP contribution in [-0.4, -0.2) is 30.9 Å². The van der Waals surface area contributed by atoms with Gasteiger partial charge in [0.25, 0.3) is 0 Å². The minimum atomic E-state index is -1.28. The number of aromatic carboxylic acids is 1. The Bertz CT molecular complexity index is 1170. The van der Waals surface area contributed by atoms with Crippen molar-refractivity contribution in [2.75, 3.05) is 0 Å². The van der Waals surface area contributed by atoms with Gasteiger partial charge in [-0.25, -0.2) is 9.67 Å². The van der Waals surface area contributed by atoms with Gasteiger partial charge in [0.1, 0.15) is 11.5 Å². The molecule has 0 amide bonds. The van der Waals surface area contributed by atoms with E-state index in [0.29, 0.717) is 22.6 Å². The summed E-state index contributed by atoms with van der Waals surface area (Å²) < 4.78 is 1.48. The number of para-hydroxylation sites is 2. The van der Waals surface area contributed by atoms with Gasteiger partial charge >= 0.3 is 51.4 Å². The largest absolute Gasteiger partial charge is 1.00 e. The molecular weight excluding hydrogens is 397 g/mol. The standard InChI is InChI=1S/C21H15N3O4.K/c25-17-7-3-1-5-15(17)19-22-20(16-6-2-4-8-18(16)26)24(23-19)14-11-9-13(10-12-14)21(27)28;/h1-12,25-26H,(H,27,28);/q;+1/p-1. The summed E-state index contributed by atoms with van der Waals surface area (Å²) in [7, 11) is 0. The number of carbonyl (C=O) groups excluding carboxylic acids is 1. The second kappa shape index (κ2) is 8.89. The molecule has 7 nitrogen and oxygen atoms in total. The number of aromatic hydroxyl groups is 2. The van der Waals surface area contributed by atoms with Crippen LogP contribution < -0.4 is 56.5 Å². The smallest absolute Gasteiger partial charge is 0.545 e. The monoisotopic (exact) mass is 411 g/mol. The number of hydrogen-bond acceptors (Lipinski definition) is 6. The number of carboxylic acids is 1. The summed E-state index contributed by atoms with van der Waals surface area (Å²) >= 11 is 0. The summed E-state index contributed by atoms with van der Waals surface area (Å²) in [6.45, 7) is 0. The third kappa shape index (κ3) is 4.26. The molecule has 0 spiro atoms. The molecular formula is C21H14KN3O4. The first kappa shape index (κ1) is 21.2. The molecule has 0 atom stereocenters. The van der Waals surface area contributed by atoms with Crippen LogP contribution in [0.1, 0.15) is 10.4 Å². The van der Waals surface area contributed by atoms with E-state index in [1.165, 1.54) is 28.9 Å². The van der Waals surface area contributed by atoms with Crippen LogP contribution in [-0.2, 0) is 0 Å². The fourth-order valence-corrected chi connectivity index (χ4v) is 2.84. The molecule has 138 valence electrons. The summed E-state index contributed by atoms with van der Waals surface area (Å²) in [6.07, 6.45) is 0. The van der Waals surface area contributed by atoms with E-state index in [9.17, 15) is 20.1 Å². The van der Waals surface area contributed by atoms with Gasteiger partial charge in [0.2, 0.25) is 0 Å². The van der Waals surface area contributed by atoms with Gasteiger partial charge in [-0.05, 0) is 42.0 Å². The summed E-state index contributed by atoms with van der Waals surface area (Å²) in [6, 6.07) is 19.3. The third-order valence-corrected chi connectivity index (χ3v) is 4.24. The Morgan fingerprint density at radius 2 is 1.38 bits per heavy atom. The maximum atomic E-state index is 11.0. The first-order valence-corrected chi connectivity index (χ1v) is 8.40. The van der Waals surface area contributed by atoms with Gasteiger partial charge in [0, 0.05) is 0 Å². The molecule has 2 N–H and O–H groups in total. The number of carbonyl (C=O) groups is 1. The first-order valence-electron chi connectivity index (χ1n) is 8.40. The van der Waals surface area contributed by atoms with Crippen molar-refractivity contribution >= 4 is 5.97 Å². The van der Waals surface area contributed by atoms with Crippen molar-refractivity contribution in [1.29, 1.82) is 0 Å². The third-order valence-electron chi connectivity index (χ3n) is 4.24. The zero-order valence-electron chi connectivity index (χ0n) is 15.5. The van der Waals surface area contributed by atoms with E-state index in [-0.39, 0.29) is 74.3 Å². The molecule has 29 heavy (non-hydrogen) atoms. The second-order valence-electron chi connectivity index (χ2n) is 6.04. The Morgan fingerprint density at radius 1 is 0.828 bits per heavy atom. The normalized spacial score (nSPS) is 10.3. The van der Waals surface area contributed by atoms with E-state index in [0.717, 1.165) is 0 Å². The van der Waals surface area contributed by atoms with Crippen molar-refractivity contribution in [2.45, 2.75) is 0 Å². The molecule has 1 aromatic heterocycles. The maximum Gasteiger partial charge on any atom is 1.00 e. The van der Waals surface area contributed by atoms with Crippen LogP contribution in [0.15, 0.2) is 72.8 Å².